The van der Waals surface area contributed by atoms with Crippen LogP contribution in [0, 0.1) is 0 Å². The van der Waals surface area contributed by atoms with Gasteiger partial charge in [0.1, 0.15) is 17.8 Å². The number of furan rings is 1. The minimum Gasteiger partial charge on any atom is -0.472 e. The highest BCUT2D eigenvalue weighted by atomic mass is 16.5. The van der Waals surface area contributed by atoms with Gasteiger partial charge in [0.2, 0.25) is 0 Å². The summed E-state index contributed by atoms with van der Waals surface area (Å²) in [6.45, 7) is 5.22. The Labute approximate surface area is 121 Å². The molecule has 0 aromatic carbocycles. The smallest absolute Gasteiger partial charge is 0.164 e. The molecule has 0 aliphatic heterocycles. The number of nitrogens with two attached hydrogens (primary N) is 1. The summed E-state index contributed by atoms with van der Waals surface area (Å²) in [7, 11) is 0. The lowest BCUT2D eigenvalue weighted by atomic mass is 10.2. The van der Waals surface area contributed by atoms with Crippen LogP contribution in [-0.4, -0.2) is 32.5 Å². The van der Waals surface area contributed by atoms with Gasteiger partial charge in [0, 0.05) is 12.2 Å². The van der Waals surface area contributed by atoms with Crippen LogP contribution < -0.4 is 5.73 Å². The lowest BCUT2D eigenvalue weighted by molar-refractivity contribution is 0.0623. The minimum atomic E-state index is 0.0338. The summed E-state index contributed by atoms with van der Waals surface area (Å²) < 4.78 is 12.5. The predicted octanol–water partition coefficient (Wildman–Crippen LogP) is 2.09. The van der Waals surface area contributed by atoms with E-state index in [1.54, 1.807) is 17.2 Å². The maximum Gasteiger partial charge on any atom is 0.164 e. The quantitative estimate of drug-likeness (QED) is 0.772. The molecule has 0 saturated carbocycles. The standard InChI is InChI=1S/C14H17N5O2/c1-3-21-9(2)6-19-14-11(13(15)16-8-17-14)12(18-19)10-4-5-20-7-10/h4-5,7-9H,3,6H2,1-2H3,(H2,15,16,17). The first-order valence-electron chi connectivity index (χ1n) is 6.81. The Kier molecular flexibility index (Phi) is 3.57. The van der Waals surface area contributed by atoms with Crippen LogP contribution in [-0.2, 0) is 11.3 Å². The Balaban J connectivity index is 2.12. The molecule has 0 amide bonds. The third-order valence-corrected chi connectivity index (χ3v) is 3.23. The molecule has 0 radical (unpaired) electrons. The average Bonchev–Trinajstić information content (AvgIpc) is 3.08. The van der Waals surface area contributed by atoms with Gasteiger partial charge in [-0.1, -0.05) is 0 Å². The lowest BCUT2D eigenvalue weighted by Gasteiger charge is -2.11. The van der Waals surface area contributed by atoms with Crippen LogP contribution in [0.4, 0.5) is 5.82 Å². The molecule has 0 spiro atoms. The zero-order chi connectivity index (χ0) is 14.8. The molecular formula is C14H17N5O2. The summed E-state index contributed by atoms with van der Waals surface area (Å²) in [6, 6.07) is 1.84. The molecule has 3 heterocycles. The molecule has 2 N–H and O–H groups in total. The van der Waals surface area contributed by atoms with Gasteiger partial charge in [0.15, 0.2) is 5.65 Å². The van der Waals surface area contributed by atoms with E-state index < -0.39 is 0 Å². The molecule has 3 rings (SSSR count). The van der Waals surface area contributed by atoms with Crippen LogP contribution in [0.3, 0.4) is 0 Å². The first-order valence-corrected chi connectivity index (χ1v) is 6.81. The predicted molar refractivity (Wildman–Crippen MR) is 78.5 cm³/mol. The largest absolute Gasteiger partial charge is 0.472 e. The van der Waals surface area contributed by atoms with Gasteiger partial charge in [-0.15, -0.1) is 0 Å². The molecular weight excluding hydrogens is 270 g/mol. The van der Waals surface area contributed by atoms with Crippen molar-refractivity contribution >= 4 is 16.9 Å². The number of ether oxygens (including phenoxy) is 1. The van der Waals surface area contributed by atoms with Crippen LogP contribution in [0.15, 0.2) is 29.3 Å². The van der Waals surface area contributed by atoms with Crippen molar-refractivity contribution < 1.29 is 9.15 Å². The van der Waals surface area contributed by atoms with Gasteiger partial charge in [-0.25, -0.2) is 14.6 Å². The second-order valence-electron chi connectivity index (χ2n) is 4.77. The lowest BCUT2D eigenvalue weighted by Crippen LogP contribution is -2.17. The molecule has 7 heteroatoms. The van der Waals surface area contributed by atoms with Crippen molar-refractivity contribution in [2.24, 2.45) is 0 Å². The molecule has 0 aliphatic rings. The average molecular weight is 287 g/mol. The van der Waals surface area contributed by atoms with Gasteiger partial charge >= 0.3 is 0 Å². The number of nitrogens with zero attached hydrogens (tertiary/aromatic N) is 4. The summed E-state index contributed by atoms with van der Waals surface area (Å²) in [4.78, 5) is 8.37. The van der Waals surface area contributed by atoms with Crippen molar-refractivity contribution in [3.05, 3.63) is 24.9 Å². The summed E-state index contributed by atoms with van der Waals surface area (Å²) >= 11 is 0. The molecule has 0 aliphatic carbocycles. The fourth-order valence-electron chi connectivity index (χ4n) is 2.34. The van der Waals surface area contributed by atoms with E-state index in [9.17, 15) is 0 Å². The van der Waals surface area contributed by atoms with E-state index in [2.05, 4.69) is 15.1 Å². The first-order chi connectivity index (χ1) is 10.2. The third kappa shape index (κ3) is 2.47. The molecule has 110 valence electrons. The Morgan fingerprint density at radius 3 is 3.00 bits per heavy atom. The molecule has 7 nitrogen and oxygen atoms in total. The van der Waals surface area contributed by atoms with E-state index in [1.165, 1.54) is 6.33 Å². The molecule has 0 saturated heterocycles. The number of fused-ring (bicyclic) bond motifs is 1. The van der Waals surface area contributed by atoms with E-state index in [4.69, 9.17) is 14.9 Å². The monoisotopic (exact) mass is 287 g/mol. The number of rotatable bonds is 5. The zero-order valence-electron chi connectivity index (χ0n) is 12.0. The van der Waals surface area contributed by atoms with Crippen molar-refractivity contribution in [2.45, 2.75) is 26.5 Å². The molecule has 3 aromatic heterocycles. The van der Waals surface area contributed by atoms with Crippen molar-refractivity contribution in [1.82, 2.24) is 19.7 Å². The summed E-state index contributed by atoms with van der Waals surface area (Å²) in [5.41, 5.74) is 8.27. The topological polar surface area (TPSA) is 92.0 Å². The van der Waals surface area contributed by atoms with Crippen LogP contribution in [0.25, 0.3) is 22.3 Å². The highest BCUT2D eigenvalue weighted by Crippen LogP contribution is 2.30. The molecule has 0 bridgehead atoms. The zero-order valence-corrected chi connectivity index (χ0v) is 12.0. The number of anilines is 1. The fourth-order valence-corrected chi connectivity index (χ4v) is 2.34. The molecule has 21 heavy (non-hydrogen) atoms. The van der Waals surface area contributed by atoms with E-state index >= 15 is 0 Å². The number of hydrogen-bond donors (Lipinski definition) is 1. The van der Waals surface area contributed by atoms with Gasteiger partial charge in [-0.3, -0.25) is 0 Å². The van der Waals surface area contributed by atoms with Gasteiger partial charge in [0.05, 0.1) is 30.6 Å². The maximum atomic E-state index is 6.00. The molecule has 1 atom stereocenters. The summed E-state index contributed by atoms with van der Waals surface area (Å²) in [5, 5.41) is 5.35. The van der Waals surface area contributed by atoms with Crippen molar-refractivity contribution in [3.63, 3.8) is 0 Å². The van der Waals surface area contributed by atoms with Gasteiger partial charge < -0.3 is 14.9 Å². The Bertz CT molecular complexity index is 735. The Morgan fingerprint density at radius 1 is 1.43 bits per heavy atom. The fraction of sp³-hybridized carbons (Fsp3) is 0.357. The van der Waals surface area contributed by atoms with Crippen LogP contribution in [0.5, 0.6) is 0 Å². The summed E-state index contributed by atoms with van der Waals surface area (Å²) in [5.74, 6) is 0.409. The van der Waals surface area contributed by atoms with Crippen LogP contribution >= 0.6 is 0 Å². The highest BCUT2D eigenvalue weighted by molar-refractivity contribution is 5.97. The normalized spacial score (nSPS) is 12.9. The first kappa shape index (κ1) is 13.6. The van der Waals surface area contributed by atoms with Crippen molar-refractivity contribution in [3.8, 4) is 11.3 Å². The van der Waals surface area contributed by atoms with E-state index in [1.807, 2.05) is 19.9 Å². The molecule has 0 fully saturated rings. The van der Waals surface area contributed by atoms with Crippen LogP contribution in [0.2, 0.25) is 0 Å². The second-order valence-corrected chi connectivity index (χ2v) is 4.77. The van der Waals surface area contributed by atoms with Crippen molar-refractivity contribution in [1.29, 1.82) is 0 Å². The minimum absolute atomic E-state index is 0.0338. The van der Waals surface area contributed by atoms with Crippen molar-refractivity contribution in [2.75, 3.05) is 12.3 Å². The van der Waals surface area contributed by atoms with Gasteiger partial charge in [-0.05, 0) is 19.9 Å². The second kappa shape index (κ2) is 5.53. The van der Waals surface area contributed by atoms with Gasteiger partial charge in [0.25, 0.3) is 0 Å². The maximum absolute atomic E-state index is 6.00. The van der Waals surface area contributed by atoms with Gasteiger partial charge in [-0.2, -0.15) is 5.10 Å². The third-order valence-electron chi connectivity index (χ3n) is 3.23. The van der Waals surface area contributed by atoms with E-state index in [-0.39, 0.29) is 6.10 Å². The molecule has 3 aromatic rings. The van der Waals surface area contributed by atoms with E-state index in [0.717, 1.165) is 16.6 Å². The summed E-state index contributed by atoms with van der Waals surface area (Å²) in [6.07, 6.45) is 4.71. The van der Waals surface area contributed by atoms with E-state index in [0.29, 0.717) is 24.6 Å². The number of hydrogen-bond acceptors (Lipinski definition) is 6. The molecule has 1 unspecified atom stereocenters. The Morgan fingerprint density at radius 2 is 2.29 bits per heavy atom. The number of aromatic nitrogens is 4. The number of nitrogen functional groups attached to an aromatic ring is 1. The Hall–Kier alpha value is -2.41. The highest BCUT2D eigenvalue weighted by Gasteiger charge is 2.18. The SMILES string of the molecule is CCOC(C)Cn1nc(-c2ccoc2)c2c(N)ncnc21. The van der Waals surface area contributed by atoms with Crippen LogP contribution in [0.1, 0.15) is 13.8 Å².